The molecule has 134 valence electrons. The summed E-state index contributed by atoms with van der Waals surface area (Å²) in [6.45, 7) is 3.76. The second-order valence-corrected chi connectivity index (χ2v) is 7.09. The highest BCUT2D eigenvalue weighted by atomic mass is 79.9. The Bertz CT molecular complexity index is 1030. The first kappa shape index (κ1) is 18.4. The van der Waals surface area contributed by atoms with Gasteiger partial charge in [-0.2, -0.15) is 0 Å². The van der Waals surface area contributed by atoms with Crippen molar-refractivity contribution in [3.8, 4) is 5.88 Å². The van der Waals surface area contributed by atoms with E-state index in [1.54, 1.807) is 12.1 Å². The molecule has 2 aromatic carbocycles. The molecular formula is C18H16BrClN4O2. The minimum absolute atomic E-state index is 0.0294. The van der Waals surface area contributed by atoms with Gasteiger partial charge in [-0.3, -0.25) is 4.79 Å². The topological polar surface area (TPSA) is 89.8 Å². The Morgan fingerprint density at radius 2 is 2.12 bits per heavy atom. The van der Waals surface area contributed by atoms with Crippen LogP contribution < -0.4 is 5.32 Å². The van der Waals surface area contributed by atoms with E-state index in [2.05, 4.69) is 36.5 Å². The number of nitrogens with zero attached hydrogens (tertiary/aromatic N) is 2. The number of carbonyl (C=O) groups excluding carboxylic acids is 1. The lowest BCUT2D eigenvalue weighted by atomic mass is 10.1. The summed E-state index contributed by atoms with van der Waals surface area (Å²) in [5, 5.41) is 22.0. The molecule has 3 rings (SSSR count). The lowest BCUT2D eigenvalue weighted by Gasteiger charge is -2.08. The van der Waals surface area contributed by atoms with Gasteiger partial charge in [0.25, 0.3) is 5.91 Å². The van der Waals surface area contributed by atoms with Crippen molar-refractivity contribution < 1.29 is 9.90 Å². The largest absolute Gasteiger partial charge is 0.493 e. The molecule has 6 nitrogen and oxygen atoms in total. The molecule has 0 radical (unpaired) electrons. The van der Waals surface area contributed by atoms with Crippen LogP contribution in [0.2, 0.25) is 5.02 Å². The molecule has 0 saturated heterocycles. The van der Waals surface area contributed by atoms with Crippen LogP contribution in [0.3, 0.4) is 0 Å². The Balaban J connectivity index is 1.76. The molecule has 0 fully saturated rings. The normalized spacial score (nSPS) is 11.4. The van der Waals surface area contributed by atoms with Crippen LogP contribution in [-0.4, -0.2) is 22.5 Å². The molecule has 26 heavy (non-hydrogen) atoms. The number of aryl methyl sites for hydroxylation is 1. The number of benzene rings is 2. The number of nitrogens with one attached hydrogen (secondary N) is 2. The third-order valence-electron chi connectivity index (χ3n) is 3.99. The fourth-order valence-electron chi connectivity index (χ4n) is 2.51. The van der Waals surface area contributed by atoms with Crippen molar-refractivity contribution in [1.82, 2.24) is 4.98 Å². The molecule has 0 aliphatic rings. The van der Waals surface area contributed by atoms with Crippen LogP contribution in [0, 0.1) is 13.8 Å². The third kappa shape index (κ3) is 3.73. The summed E-state index contributed by atoms with van der Waals surface area (Å²) >= 11 is 9.49. The van der Waals surface area contributed by atoms with Crippen molar-refractivity contribution in [1.29, 1.82) is 0 Å². The number of carbonyl (C=O) groups is 1. The maximum absolute atomic E-state index is 12.0. The van der Waals surface area contributed by atoms with Crippen LogP contribution >= 0.6 is 27.5 Å². The first-order chi connectivity index (χ1) is 12.4. The van der Waals surface area contributed by atoms with Gasteiger partial charge in [-0.1, -0.05) is 33.6 Å². The minimum atomic E-state index is -0.466. The standard InChI is InChI=1S/C18H16BrClN4O2/c1-9-6-11-15(7-12(9)19)22-18(26)17(11)24-23-16(25)8-21-14-5-3-4-13(20)10(14)2/h3-7,21-22,26H,8H2,1-2H3. The molecule has 0 unspecified atom stereocenters. The van der Waals surface area contributed by atoms with Crippen molar-refractivity contribution in [3.05, 3.63) is 51.0 Å². The van der Waals surface area contributed by atoms with Crippen molar-refractivity contribution >= 4 is 55.7 Å². The van der Waals surface area contributed by atoms with Gasteiger partial charge in [-0.15, -0.1) is 10.2 Å². The van der Waals surface area contributed by atoms with E-state index >= 15 is 0 Å². The van der Waals surface area contributed by atoms with Crippen molar-refractivity contribution in [2.24, 2.45) is 10.2 Å². The molecule has 8 heteroatoms. The Labute approximate surface area is 163 Å². The van der Waals surface area contributed by atoms with Gasteiger partial charge in [-0.25, -0.2) is 0 Å². The lowest BCUT2D eigenvalue weighted by molar-refractivity contribution is -0.116. The number of hydrogen-bond acceptors (Lipinski definition) is 4. The number of anilines is 1. The molecule has 0 aliphatic heterocycles. The summed E-state index contributed by atoms with van der Waals surface area (Å²) in [6.07, 6.45) is 0. The summed E-state index contributed by atoms with van der Waals surface area (Å²) in [7, 11) is 0. The number of aromatic nitrogens is 1. The zero-order chi connectivity index (χ0) is 18.8. The molecule has 0 atom stereocenters. The molecule has 0 bridgehead atoms. The first-order valence-corrected chi connectivity index (χ1v) is 8.98. The highest BCUT2D eigenvalue weighted by Crippen LogP contribution is 2.37. The van der Waals surface area contributed by atoms with Gasteiger partial charge in [0, 0.05) is 20.6 Å². The monoisotopic (exact) mass is 434 g/mol. The SMILES string of the molecule is Cc1cc2c(N=NC(=O)CNc3cccc(Cl)c3C)c(O)[nH]c2cc1Br. The zero-order valence-electron chi connectivity index (χ0n) is 14.1. The number of azo groups is 1. The number of amides is 1. The van der Waals surface area contributed by atoms with E-state index in [1.165, 1.54) is 0 Å². The van der Waals surface area contributed by atoms with Crippen LogP contribution in [-0.2, 0) is 4.79 Å². The van der Waals surface area contributed by atoms with E-state index in [4.69, 9.17) is 11.6 Å². The van der Waals surface area contributed by atoms with E-state index in [9.17, 15) is 9.90 Å². The van der Waals surface area contributed by atoms with Gasteiger partial charge in [-0.05, 0) is 49.2 Å². The molecule has 1 aromatic heterocycles. The Kier molecular flexibility index (Phi) is 5.29. The van der Waals surface area contributed by atoms with Gasteiger partial charge >= 0.3 is 0 Å². The van der Waals surface area contributed by atoms with E-state index in [1.807, 2.05) is 32.0 Å². The molecule has 1 heterocycles. The molecule has 0 saturated carbocycles. The summed E-state index contributed by atoms with van der Waals surface area (Å²) in [4.78, 5) is 14.8. The van der Waals surface area contributed by atoms with Crippen molar-refractivity contribution in [3.63, 3.8) is 0 Å². The number of aromatic hydroxyl groups is 1. The van der Waals surface area contributed by atoms with Crippen LogP contribution in [0.4, 0.5) is 11.4 Å². The summed E-state index contributed by atoms with van der Waals surface area (Å²) < 4.78 is 0.909. The van der Waals surface area contributed by atoms with Crippen LogP contribution in [0.15, 0.2) is 45.0 Å². The summed E-state index contributed by atoms with van der Waals surface area (Å²) in [5.41, 5.74) is 3.54. The Hall–Kier alpha value is -2.38. The zero-order valence-corrected chi connectivity index (χ0v) is 16.4. The Morgan fingerprint density at radius 3 is 2.88 bits per heavy atom. The van der Waals surface area contributed by atoms with E-state index in [-0.39, 0.29) is 18.1 Å². The molecule has 0 aliphatic carbocycles. The molecule has 1 amide bonds. The molecular weight excluding hydrogens is 420 g/mol. The molecule has 0 spiro atoms. The predicted molar refractivity (Wildman–Crippen MR) is 107 cm³/mol. The fourth-order valence-corrected chi connectivity index (χ4v) is 3.03. The number of rotatable bonds is 4. The van der Waals surface area contributed by atoms with Crippen LogP contribution in [0.25, 0.3) is 10.9 Å². The van der Waals surface area contributed by atoms with Crippen LogP contribution in [0.5, 0.6) is 5.88 Å². The quantitative estimate of drug-likeness (QED) is 0.464. The Morgan fingerprint density at radius 1 is 1.35 bits per heavy atom. The number of H-pyrrole nitrogens is 1. The average Bonchev–Trinajstić information content (AvgIpc) is 2.89. The number of hydrogen-bond donors (Lipinski definition) is 3. The minimum Gasteiger partial charge on any atom is -0.493 e. The van der Waals surface area contributed by atoms with Gasteiger partial charge in [0.1, 0.15) is 0 Å². The third-order valence-corrected chi connectivity index (χ3v) is 5.25. The van der Waals surface area contributed by atoms with Gasteiger partial charge < -0.3 is 15.4 Å². The van der Waals surface area contributed by atoms with E-state index in [0.717, 1.165) is 21.3 Å². The average molecular weight is 436 g/mol. The second-order valence-electron chi connectivity index (χ2n) is 5.83. The predicted octanol–water partition coefficient (Wildman–Crippen LogP) is 5.63. The summed E-state index contributed by atoms with van der Waals surface area (Å²) in [6, 6.07) is 9.12. The maximum atomic E-state index is 12.0. The lowest BCUT2D eigenvalue weighted by Crippen LogP contribution is -2.11. The highest BCUT2D eigenvalue weighted by molar-refractivity contribution is 9.10. The van der Waals surface area contributed by atoms with Crippen molar-refractivity contribution in [2.45, 2.75) is 13.8 Å². The number of halogens is 2. The van der Waals surface area contributed by atoms with Crippen LogP contribution in [0.1, 0.15) is 11.1 Å². The smallest absolute Gasteiger partial charge is 0.283 e. The second kappa shape index (κ2) is 7.47. The fraction of sp³-hybridized carbons (Fsp3) is 0.167. The molecule has 3 N–H and O–H groups in total. The van der Waals surface area contributed by atoms with Gasteiger partial charge in [0.15, 0.2) is 5.69 Å². The van der Waals surface area contributed by atoms with Gasteiger partial charge in [0.2, 0.25) is 5.88 Å². The van der Waals surface area contributed by atoms with E-state index < -0.39 is 5.91 Å². The highest BCUT2D eigenvalue weighted by Gasteiger charge is 2.13. The number of fused-ring (bicyclic) bond motifs is 1. The summed E-state index contributed by atoms with van der Waals surface area (Å²) in [5.74, 6) is -0.598. The maximum Gasteiger partial charge on any atom is 0.283 e. The number of aromatic amines is 1. The van der Waals surface area contributed by atoms with Gasteiger partial charge in [0.05, 0.1) is 12.1 Å². The first-order valence-electron chi connectivity index (χ1n) is 7.81. The van der Waals surface area contributed by atoms with E-state index in [0.29, 0.717) is 15.9 Å². The molecule has 3 aromatic rings. The van der Waals surface area contributed by atoms with Crippen molar-refractivity contribution in [2.75, 3.05) is 11.9 Å².